The van der Waals surface area contributed by atoms with Gasteiger partial charge in [0.15, 0.2) is 0 Å². The summed E-state index contributed by atoms with van der Waals surface area (Å²) >= 11 is 0. The summed E-state index contributed by atoms with van der Waals surface area (Å²) in [4.78, 5) is 10.6. The van der Waals surface area contributed by atoms with Gasteiger partial charge >= 0.3 is 6.09 Å². The molecule has 0 aliphatic heterocycles. The second-order valence-electron chi connectivity index (χ2n) is 5.28. The third-order valence-corrected chi connectivity index (χ3v) is 2.64. The van der Waals surface area contributed by atoms with Gasteiger partial charge in [0.2, 0.25) is 0 Å². The third kappa shape index (κ3) is 5.19. The predicted octanol–water partition coefficient (Wildman–Crippen LogP) is 2.71. The maximum Gasteiger partial charge on any atom is 0.404 e. The summed E-state index contributed by atoms with van der Waals surface area (Å²) in [6.07, 6.45) is -0.960. The smallest absolute Gasteiger partial charge is 0.404 e. The number of nitrogens with two attached hydrogens (primary N) is 1. The minimum Gasteiger partial charge on any atom is -0.447 e. The van der Waals surface area contributed by atoms with Gasteiger partial charge in [-0.05, 0) is 11.0 Å². The maximum absolute atomic E-state index is 10.6. The number of carbonyl (C=O) groups excluding carboxylic acids is 1. The molecule has 0 aromatic heterocycles. The van der Waals surface area contributed by atoms with Gasteiger partial charge in [-0.2, -0.15) is 0 Å². The van der Waals surface area contributed by atoms with E-state index in [1.165, 1.54) is 0 Å². The molecule has 1 amide bonds. The van der Waals surface area contributed by atoms with Gasteiger partial charge in [0.1, 0.15) is 6.61 Å². The van der Waals surface area contributed by atoms with Crippen LogP contribution in [0.4, 0.5) is 4.79 Å². The fraction of sp³-hybridized carbons (Fsp3) is 0.500. The van der Waals surface area contributed by atoms with Crippen LogP contribution in [-0.4, -0.2) is 18.8 Å². The van der Waals surface area contributed by atoms with Crippen molar-refractivity contribution in [3.63, 3.8) is 0 Å². The summed E-state index contributed by atoms with van der Waals surface area (Å²) in [5.41, 5.74) is 5.94. The van der Waals surface area contributed by atoms with E-state index < -0.39 is 6.09 Å². The number of hydrogen-bond acceptors (Lipinski definition) is 3. The number of ether oxygens (including phenoxy) is 2. The molecule has 1 unspecified atom stereocenters. The third-order valence-electron chi connectivity index (χ3n) is 2.64. The Kier molecular flexibility index (Phi) is 5.16. The Bertz CT molecular complexity index is 370. The van der Waals surface area contributed by atoms with E-state index in [2.05, 4.69) is 0 Å². The largest absolute Gasteiger partial charge is 0.447 e. The molecule has 1 atom stereocenters. The Labute approximate surface area is 108 Å². The van der Waals surface area contributed by atoms with Gasteiger partial charge in [0, 0.05) is 0 Å². The second kappa shape index (κ2) is 6.40. The van der Waals surface area contributed by atoms with Crippen LogP contribution in [0, 0.1) is 5.41 Å². The molecule has 0 spiro atoms. The normalized spacial score (nSPS) is 13.1. The summed E-state index contributed by atoms with van der Waals surface area (Å²) in [7, 11) is 0. The van der Waals surface area contributed by atoms with E-state index in [-0.39, 0.29) is 18.1 Å². The minimum atomic E-state index is -0.771. The molecule has 0 fully saturated rings. The molecule has 4 heteroatoms. The summed E-state index contributed by atoms with van der Waals surface area (Å²) in [5, 5.41) is 0. The van der Waals surface area contributed by atoms with E-state index in [0.29, 0.717) is 6.61 Å². The van der Waals surface area contributed by atoms with E-state index in [1.54, 1.807) is 0 Å². The Morgan fingerprint density at radius 1 is 1.28 bits per heavy atom. The van der Waals surface area contributed by atoms with Gasteiger partial charge in [-0.25, -0.2) is 4.79 Å². The number of carbonyl (C=O) groups is 1. The lowest BCUT2D eigenvalue weighted by Crippen LogP contribution is -2.35. The molecule has 0 heterocycles. The average Bonchev–Trinajstić information content (AvgIpc) is 2.28. The summed E-state index contributed by atoms with van der Waals surface area (Å²) in [6, 6.07) is 9.87. The number of amides is 1. The van der Waals surface area contributed by atoms with Gasteiger partial charge in [0.05, 0.1) is 12.7 Å². The Morgan fingerprint density at radius 3 is 2.39 bits per heavy atom. The molecule has 0 saturated heterocycles. The van der Waals surface area contributed by atoms with Gasteiger partial charge < -0.3 is 15.2 Å². The molecule has 100 valence electrons. The highest BCUT2D eigenvalue weighted by molar-refractivity contribution is 5.64. The maximum atomic E-state index is 10.6. The molecule has 2 N–H and O–H groups in total. The van der Waals surface area contributed by atoms with Crippen molar-refractivity contribution in [1.82, 2.24) is 0 Å². The van der Waals surface area contributed by atoms with Crippen molar-refractivity contribution < 1.29 is 14.3 Å². The van der Waals surface area contributed by atoms with Crippen LogP contribution >= 0.6 is 0 Å². The highest BCUT2D eigenvalue weighted by Crippen LogP contribution is 2.23. The highest BCUT2D eigenvalue weighted by atomic mass is 16.6. The summed E-state index contributed by atoms with van der Waals surface area (Å²) < 4.78 is 10.6. The number of benzene rings is 1. The molecule has 0 aliphatic rings. The Morgan fingerprint density at radius 2 is 1.89 bits per heavy atom. The molecular formula is C14H21NO3. The number of primary amides is 1. The molecule has 1 rings (SSSR count). The molecule has 0 bridgehead atoms. The monoisotopic (exact) mass is 251 g/mol. The zero-order chi connectivity index (χ0) is 13.6. The van der Waals surface area contributed by atoms with E-state index in [0.717, 1.165) is 5.56 Å². The van der Waals surface area contributed by atoms with Gasteiger partial charge in [-0.15, -0.1) is 0 Å². The summed E-state index contributed by atoms with van der Waals surface area (Å²) in [6.45, 7) is 6.77. The first kappa shape index (κ1) is 14.5. The zero-order valence-electron chi connectivity index (χ0n) is 11.2. The van der Waals surface area contributed by atoms with E-state index in [1.807, 2.05) is 51.1 Å². The van der Waals surface area contributed by atoms with Gasteiger partial charge in [0.25, 0.3) is 0 Å². The molecule has 4 nitrogen and oxygen atoms in total. The predicted molar refractivity (Wildman–Crippen MR) is 70.0 cm³/mol. The van der Waals surface area contributed by atoms with E-state index in [9.17, 15) is 4.79 Å². The van der Waals surface area contributed by atoms with Crippen molar-refractivity contribution in [3.8, 4) is 0 Å². The van der Waals surface area contributed by atoms with Gasteiger partial charge in [-0.3, -0.25) is 0 Å². The fourth-order valence-electron chi connectivity index (χ4n) is 1.48. The van der Waals surface area contributed by atoms with Gasteiger partial charge in [-0.1, -0.05) is 51.1 Å². The molecule has 1 aromatic carbocycles. The topological polar surface area (TPSA) is 61.5 Å². The molecule has 0 aliphatic carbocycles. The molecule has 18 heavy (non-hydrogen) atoms. The highest BCUT2D eigenvalue weighted by Gasteiger charge is 2.26. The van der Waals surface area contributed by atoms with Crippen molar-refractivity contribution in [3.05, 3.63) is 35.9 Å². The van der Waals surface area contributed by atoms with Crippen LogP contribution in [0.15, 0.2) is 30.3 Å². The average molecular weight is 251 g/mol. The minimum absolute atomic E-state index is 0.121. The van der Waals surface area contributed by atoms with Crippen LogP contribution in [0.3, 0.4) is 0 Å². The first-order chi connectivity index (χ1) is 8.39. The second-order valence-corrected chi connectivity index (χ2v) is 5.28. The summed E-state index contributed by atoms with van der Waals surface area (Å²) in [5.74, 6) is 0. The molecular weight excluding hydrogens is 230 g/mol. The Hall–Kier alpha value is -1.55. The first-order valence-electron chi connectivity index (χ1n) is 5.97. The lowest BCUT2D eigenvalue weighted by atomic mass is 9.89. The van der Waals surface area contributed by atoms with Crippen molar-refractivity contribution in [2.75, 3.05) is 6.61 Å². The van der Waals surface area contributed by atoms with Crippen LogP contribution in [0.2, 0.25) is 0 Å². The molecule has 0 saturated carbocycles. The zero-order valence-corrected chi connectivity index (χ0v) is 11.2. The Balaban J connectivity index is 2.54. The molecule has 0 radical (unpaired) electrons. The fourth-order valence-corrected chi connectivity index (χ4v) is 1.48. The van der Waals surface area contributed by atoms with Crippen LogP contribution < -0.4 is 5.73 Å². The SMILES string of the molecule is CC(C)(C)C(COC(N)=O)OCc1ccccc1. The van der Waals surface area contributed by atoms with Crippen molar-refractivity contribution >= 4 is 6.09 Å². The van der Waals surface area contributed by atoms with Crippen molar-refractivity contribution in [1.29, 1.82) is 0 Å². The van der Waals surface area contributed by atoms with Crippen molar-refractivity contribution in [2.24, 2.45) is 11.1 Å². The van der Waals surface area contributed by atoms with Crippen LogP contribution in [0.5, 0.6) is 0 Å². The van der Waals surface area contributed by atoms with E-state index >= 15 is 0 Å². The van der Waals surface area contributed by atoms with Crippen LogP contribution in [-0.2, 0) is 16.1 Å². The first-order valence-corrected chi connectivity index (χ1v) is 5.97. The number of rotatable bonds is 5. The lowest BCUT2D eigenvalue weighted by Gasteiger charge is -2.30. The lowest BCUT2D eigenvalue weighted by molar-refractivity contribution is -0.0601. The van der Waals surface area contributed by atoms with Crippen LogP contribution in [0.25, 0.3) is 0 Å². The standard InChI is InChI=1S/C14H21NO3/c1-14(2,3)12(10-18-13(15)16)17-9-11-7-5-4-6-8-11/h4-8,12H,9-10H2,1-3H3,(H2,15,16). The van der Waals surface area contributed by atoms with E-state index in [4.69, 9.17) is 15.2 Å². The molecule has 1 aromatic rings. The quantitative estimate of drug-likeness (QED) is 0.875. The van der Waals surface area contributed by atoms with Crippen molar-refractivity contribution in [2.45, 2.75) is 33.5 Å². The number of hydrogen-bond donors (Lipinski definition) is 1. The van der Waals surface area contributed by atoms with Crippen LogP contribution in [0.1, 0.15) is 26.3 Å².